The minimum atomic E-state index is -1.78. The third-order valence-corrected chi connectivity index (χ3v) is 5.71. The second kappa shape index (κ2) is 5.46. The lowest BCUT2D eigenvalue weighted by Crippen LogP contribution is -2.03. The molecule has 1 aromatic heterocycles. The van der Waals surface area contributed by atoms with E-state index in [0.717, 1.165) is 21.5 Å². The second-order valence-electron chi connectivity index (χ2n) is 3.50. The van der Waals surface area contributed by atoms with Gasteiger partial charge in [-0.3, -0.25) is 4.21 Å². The van der Waals surface area contributed by atoms with Crippen LogP contribution in [0.1, 0.15) is 4.88 Å². The number of rotatable bonds is 3. The maximum atomic E-state index is 13.6. The summed E-state index contributed by atoms with van der Waals surface area (Å²) in [5, 5.41) is 1.81. The molecule has 0 spiro atoms. The predicted octanol–water partition coefficient (Wildman–Crippen LogP) is 3.68. The van der Waals surface area contributed by atoms with E-state index in [1.165, 1.54) is 11.3 Å². The van der Waals surface area contributed by atoms with Gasteiger partial charge in [0.25, 0.3) is 0 Å². The van der Waals surface area contributed by atoms with Crippen LogP contribution in [0.15, 0.2) is 32.9 Å². The van der Waals surface area contributed by atoms with Gasteiger partial charge in [-0.15, -0.1) is 11.3 Å². The van der Waals surface area contributed by atoms with E-state index in [4.69, 9.17) is 5.73 Å². The zero-order chi connectivity index (χ0) is 13.3. The largest absolute Gasteiger partial charge is 0.399 e. The van der Waals surface area contributed by atoms with Crippen molar-refractivity contribution in [1.29, 1.82) is 0 Å². The van der Waals surface area contributed by atoms with E-state index in [1.807, 2.05) is 5.38 Å². The molecule has 0 bridgehead atoms. The fraction of sp³-hybridized carbons (Fsp3) is 0.0909. The van der Waals surface area contributed by atoms with Crippen LogP contribution in [0.2, 0.25) is 0 Å². The van der Waals surface area contributed by atoms with Crippen molar-refractivity contribution in [3.63, 3.8) is 0 Å². The number of anilines is 1. The monoisotopic (exact) mass is 351 g/mol. The van der Waals surface area contributed by atoms with Crippen molar-refractivity contribution >= 4 is 43.8 Å². The van der Waals surface area contributed by atoms with Gasteiger partial charge < -0.3 is 5.73 Å². The summed E-state index contributed by atoms with van der Waals surface area (Å²) in [6.45, 7) is 0. The van der Waals surface area contributed by atoms with Crippen molar-refractivity contribution in [3.05, 3.63) is 44.6 Å². The first kappa shape index (κ1) is 13.6. The Kier molecular flexibility index (Phi) is 4.14. The molecule has 96 valence electrons. The Hall–Kier alpha value is -0.790. The summed E-state index contributed by atoms with van der Waals surface area (Å²) in [5.41, 5.74) is 5.28. The molecular weight excluding hydrogens is 344 g/mol. The number of thiophene rings is 1. The minimum Gasteiger partial charge on any atom is -0.399 e. The lowest BCUT2D eigenvalue weighted by molar-refractivity contribution is 0.535. The molecular formula is C11H8BrF2NOS2. The van der Waals surface area contributed by atoms with E-state index in [2.05, 4.69) is 15.9 Å². The molecule has 0 saturated heterocycles. The van der Waals surface area contributed by atoms with Crippen molar-refractivity contribution in [1.82, 2.24) is 0 Å². The SMILES string of the molecule is Nc1cc(F)c(S(=O)Cc2sccc2Br)c(F)c1. The Morgan fingerprint density at radius 3 is 2.44 bits per heavy atom. The Morgan fingerprint density at radius 2 is 1.94 bits per heavy atom. The Balaban J connectivity index is 2.33. The first-order valence-corrected chi connectivity index (χ1v) is 7.83. The number of nitrogens with two attached hydrogens (primary N) is 1. The van der Waals surface area contributed by atoms with Gasteiger partial charge in [0, 0.05) is 15.0 Å². The van der Waals surface area contributed by atoms with Crippen LogP contribution in [0.4, 0.5) is 14.5 Å². The molecule has 1 aromatic carbocycles. The van der Waals surface area contributed by atoms with Crippen LogP contribution in [-0.4, -0.2) is 4.21 Å². The molecule has 2 N–H and O–H groups in total. The standard InChI is InChI=1S/C11H8BrF2NOS2/c12-7-1-2-17-10(7)5-18(16)11-8(13)3-6(15)4-9(11)14/h1-4H,5,15H2. The molecule has 2 rings (SSSR count). The normalized spacial score (nSPS) is 12.6. The van der Waals surface area contributed by atoms with Gasteiger partial charge in [-0.2, -0.15) is 0 Å². The fourth-order valence-electron chi connectivity index (χ4n) is 1.42. The van der Waals surface area contributed by atoms with Gasteiger partial charge >= 0.3 is 0 Å². The first-order chi connectivity index (χ1) is 8.49. The van der Waals surface area contributed by atoms with Gasteiger partial charge in [0.2, 0.25) is 0 Å². The molecule has 1 heterocycles. The third kappa shape index (κ3) is 2.78. The summed E-state index contributed by atoms with van der Waals surface area (Å²) in [5.74, 6) is -1.69. The highest BCUT2D eigenvalue weighted by Crippen LogP contribution is 2.28. The summed E-state index contributed by atoms with van der Waals surface area (Å²) in [6, 6.07) is 3.74. The van der Waals surface area contributed by atoms with Crippen molar-refractivity contribution < 1.29 is 13.0 Å². The highest BCUT2D eigenvalue weighted by molar-refractivity contribution is 9.10. The van der Waals surface area contributed by atoms with Crippen molar-refractivity contribution in [2.24, 2.45) is 0 Å². The Bertz CT molecular complexity index is 592. The molecule has 0 amide bonds. The number of nitrogen functional groups attached to an aromatic ring is 1. The van der Waals surface area contributed by atoms with E-state index in [0.29, 0.717) is 0 Å². The molecule has 0 aliphatic rings. The van der Waals surface area contributed by atoms with Gasteiger partial charge in [0.05, 0.1) is 16.6 Å². The molecule has 2 nitrogen and oxygen atoms in total. The van der Waals surface area contributed by atoms with Crippen LogP contribution >= 0.6 is 27.3 Å². The predicted molar refractivity (Wildman–Crippen MR) is 72.9 cm³/mol. The lowest BCUT2D eigenvalue weighted by Gasteiger charge is -2.06. The van der Waals surface area contributed by atoms with Crippen LogP contribution in [0.5, 0.6) is 0 Å². The van der Waals surface area contributed by atoms with Crippen molar-refractivity contribution in [2.45, 2.75) is 10.6 Å². The van der Waals surface area contributed by atoms with E-state index in [-0.39, 0.29) is 11.4 Å². The topological polar surface area (TPSA) is 43.1 Å². The molecule has 0 aliphatic heterocycles. The second-order valence-corrected chi connectivity index (χ2v) is 6.74. The average molecular weight is 352 g/mol. The molecule has 0 saturated carbocycles. The highest BCUT2D eigenvalue weighted by Gasteiger charge is 2.18. The summed E-state index contributed by atoms with van der Waals surface area (Å²) < 4.78 is 39.9. The lowest BCUT2D eigenvalue weighted by atomic mass is 10.3. The molecule has 7 heteroatoms. The van der Waals surface area contributed by atoms with Gasteiger partial charge in [0.15, 0.2) is 0 Å². The van der Waals surface area contributed by atoms with Crippen LogP contribution in [-0.2, 0) is 16.6 Å². The summed E-state index contributed by atoms with van der Waals surface area (Å²) in [4.78, 5) is 0.355. The Morgan fingerprint density at radius 1 is 1.33 bits per heavy atom. The van der Waals surface area contributed by atoms with Gasteiger partial charge in [-0.1, -0.05) is 0 Å². The van der Waals surface area contributed by atoms with Crippen molar-refractivity contribution in [2.75, 3.05) is 5.73 Å². The fourth-order valence-corrected chi connectivity index (χ4v) is 4.56. The molecule has 18 heavy (non-hydrogen) atoms. The maximum absolute atomic E-state index is 13.6. The van der Waals surface area contributed by atoms with E-state index in [9.17, 15) is 13.0 Å². The smallest absolute Gasteiger partial charge is 0.144 e. The number of halogens is 3. The molecule has 0 radical (unpaired) electrons. The third-order valence-electron chi connectivity index (χ3n) is 2.20. The van der Waals surface area contributed by atoms with Crippen LogP contribution in [0.25, 0.3) is 0 Å². The molecule has 1 unspecified atom stereocenters. The number of hydrogen-bond donors (Lipinski definition) is 1. The minimum absolute atomic E-state index is 0.0249. The summed E-state index contributed by atoms with van der Waals surface area (Å²) in [6.07, 6.45) is 0. The summed E-state index contributed by atoms with van der Waals surface area (Å²) in [7, 11) is -1.78. The van der Waals surface area contributed by atoms with Crippen LogP contribution in [0.3, 0.4) is 0 Å². The van der Waals surface area contributed by atoms with Crippen molar-refractivity contribution in [3.8, 4) is 0 Å². The van der Waals surface area contributed by atoms with Gasteiger partial charge in [-0.05, 0) is 39.5 Å². The van der Waals surface area contributed by atoms with Gasteiger partial charge in [0.1, 0.15) is 16.5 Å². The van der Waals surface area contributed by atoms with Gasteiger partial charge in [-0.25, -0.2) is 8.78 Å². The van der Waals surface area contributed by atoms with Crippen LogP contribution < -0.4 is 5.73 Å². The molecule has 0 fully saturated rings. The number of benzene rings is 1. The maximum Gasteiger partial charge on any atom is 0.144 e. The molecule has 2 aromatic rings. The zero-order valence-electron chi connectivity index (χ0n) is 8.95. The molecule has 0 aliphatic carbocycles. The average Bonchev–Trinajstić information content (AvgIpc) is 2.62. The number of hydrogen-bond acceptors (Lipinski definition) is 3. The molecule has 1 atom stereocenters. The first-order valence-electron chi connectivity index (χ1n) is 4.84. The Labute approximate surface area is 117 Å². The zero-order valence-corrected chi connectivity index (χ0v) is 12.2. The highest BCUT2D eigenvalue weighted by atomic mass is 79.9. The summed E-state index contributed by atoms with van der Waals surface area (Å²) >= 11 is 4.66. The quantitative estimate of drug-likeness (QED) is 0.857. The van der Waals surface area contributed by atoms with E-state index >= 15 is 0 Å². The van der Waals surface area contributed by atoms with E-state index < -0.39 is 27.3 Å². The van der Waals surface area contributed by atoms with Crippen LogP contribution in [0, 0.1) is 11.6 Å². The van der Waals surface area contributed by atoms with E-state index in [1.54, 1.807) is 6.07 Å².